The van der Waals surface area contributed by atoms with Crippen molar-refractivity contribution in [1.82, 2.24) is 5.32 Å². The highest BCUT2D eigenvalue weighted by molar-refractivity contribution is 6.22. The Morgan fingerprint density at radius 3 is 2.24 bits per heavy atom. The monoisotopic (exact) mass is 282 g/mol. The van der Waals surface area contributed by atoms with Crippen LogP contribution in [0.3, 0.4) is 0 Å². The van der Waals surface area contributed by atoms with E-state index in [1.165, 1.54) is 0 Å². The lowest BCUT2D eigenvalue weighted by atomic mass is 9.71. The Morgan fingerprint density at radius 1 is 1.18 bits per heavy atom. The number of nitrogens with one attached hydrogen (secondary N) is 1. The molecule has 0 spiro atoms. The smallest absolute Gasteiger partial charge is 0.0841 e. The van der Waals surface area contributed by atoms with Crippen molar-refractivity contribution < 1.29 is 0 Å². The van der Waals surface area contributed by atoms with Crippen LogP contribution in [0.1, 0.15) is 53.4 Å². The Morgan fingerprint density at radius 2 is 1.76 bits per heavy atom. The van der Waals surface area contributed by atoms with Crippen molar-refractivity contribution in [1.29, 1.82) is 0 Å². The van der Waals surface area contributed by atoms with Crippen molar-refractivity contribution in [2.24, 2.45) is 11.1 Å². The first-order chi connectivity index (χ1) is 7.77. The van der Waals surface area contributed by atoms with Gasteiger partial charge in [-0.1, -0.05) is 20.3 Å². The molecule has 0 saturated carbocycles. The minimum Gasteiger partial charge on any atom is -0.330 e. The molecular formula is C13H28Cl2N2. The van der Waals surface area contributed by atoms with Gasteiger partial charge in [0, 0.05) is 11.4 Å². The Bertz CT molecular complexity index is 206. The molecule has 0 aliphatic carbocycles. The second kappa shape index (κ2) is 7.83. The van der Waals surface area contributed by atoms with Gasteiger partial charge in [-0.3, -0.25) is 5.32 Å². The highest BCUT2D eigenvalue weighted by atomic mass is 35.5. The lowest BCUT2D eigenvalue weighted by Crippen LogP contribution is -2.54. The minimum absolute atomic E-state index is 0.0138. The Balaban J connectivity index is 4.33. The topological polar surface area (TPSA) is 38.0 Å². The van der Waals surface area contributed by atoms with E-state index in [-0.39, 0.29) is 16.5 Å². The molecule has 3 N–H and O–H groups in total. The van der Waals surface area contributed by atoms with Crippen LogP contribution in [0.2, 0.25) is 0 Å². The number of halogens is 2. The fourth-order valence-electron chi connectivity index (χ4n) is 1.78. The van der Waals surface area contributed by atoms with Gasteiger partial charge in [-0.2, -0.15) is 0 Å². The van der Waals surface area contributed by atoms with Crippen molar-refractivity contribution in [3.8, 4) is 0 Å². The highest BCUT2D eigenvalue weighted by Crippen LogP contribution is 2.36. The number of nitrogens with two attached hydrogens (primary N) is 1. The van der Waals surface area contributed by atoms with Gasteiger partial charge in [0.1, 0.15) is 0 Å². The largest absolute Gasteiger partial charge is 0.330 e. The van der Waals surface area contributed by atoms with Crippen molar-refractivity contribution in [2.75, 3.05) is 12.4 Å². The Kier molecular flexibility index (Phi) is 8.06. The zero-order chi connectivity index (χ0) is 13.5. The van der Waals surface area contributed by atoms with Gasteiger partial charge < -0.3 is 5.73 Å². The quantitative estimate of drug-likeness (QED) is 0.384. The van der Waals surface area contributed by atoms with E-state index in [1.54, 1.807) is 0 Å². The molecule has 2 nitrogen and oxygen atoms in total. The lowest BCUT2D eigenvalue weighted by molar-refractivity contribution is 0.133. The maximum absolute atomic E-state index is 6.22. The third-order valence-corrected chi connectivity index (χ3v) is 4.37. The van der Waals surface area contributed by atoms with Crippen LogP contribution in [-0.2, 0) is 0 Å². The summed E-state index contributed by atoms with van der Waals surface area (Å²) in [5.74, 6) is 0.588. The van der Waals surface area contributed by atoms with Crippen molar-refractivity contribution in [3.05, 3.63) is 0 Å². The lowest BCUT2D eigenvalue weighted by Gasteiger charge is -2.44. The molecule has 0 radical (unpaired) electrons. The van der Waals surface area contributed by atoms with Crippen LogP contribution in [0.15, 0.2) is 0 Å². The highest BCUT2D eigenvalue weighted by Gasteiger charge is 2.37. The molecular weight excluding hydrogens is 255 g/mol. The van der Waals surface area contributed by atoms with E-state index in [0.29, 0.717) is 5.88 Å². The van der Waals surface area contributed by atoms with Gasteiger partial charge >= 0.3 is 0 Å². The molecule has 17 heavy (non-hydrogen) atoms. The maximum atomic E-state index is 6.22. The van der Waals surface area contributed by atoms with Gasteiger partial charge in [0.2, 0.25) is 0 Å². The summed E-state index contributed by atoms with van der Waals surface area (Å²) in [6.07, 6.45) is 4.18. The zero-order valence-electron chi connectivity index (χ0n) is 11.7. The van der Waals surface area contributed by atoms with Crippen LogP contribution in [0, 0.1) is 5.41 Å². The number of hydrogen-bond acceptors (Lipinski definition) is 2. The molecule has 0 aromatic carbocycles. The summed E-state index contributed by atoms with van der Waals surface area (Å²) in [5, 5.41) is 3.47. The predicted molar refractivity (Wildman–Crippen MR) is 78.9 cm³/mol. The molecule has 104 valence electrons. The van der Waals surface area contributed by atoms with Crippen LogP contribution < -0.4 is 11.1 Å². The van der Waals surface area contributed by atoms with Crippen molar-refractivity contribution in [2.45, 2.75) is 64.4 Å². The van der Waals surface area contributed by atoms with E-state index in [1.807, 2.05) is 0 Å². The molecule has 0 aliphatic heterocycles. The summed E-state index contributed by atoms with van der Waals surface area (Å²) in [5.41, 5.74) is 5.65. The number of alkyl halides is 2. The molecule has 1 atom stereocenters. The molecule has 0 rings (SSSR count). The number of rotatable bonds is 9. The fraction of sp³-hybridized carbons (Fsp3) is 1.00. The van der Waals surface area contributed by atoms with Crippen LogP contribution in [0.25, 0.3) is 0 Å². The van der Waals surface area contributed by atoms with Crippen LogP contribution in [0.5, 0.6) is 0 Å². The first-order valence-corrected chi connectivity index (χ1v) is 7.42. The summed E-state index contributed by atoms with van der Waals surface area (Å²) in [6, 6.07) is 0. The second-order valence-corrected chi connectivity index (χ2v) is 6.75. The zero-order valence-corrected chi connectivity index (χ0v) is 13.2. The average Bonchev–Trinajstić information content (AvgIpc) is 2.16. The van der Waals surface area contributed by atoms with Crippen molar-refractivity contribution >= 4 is 23.2 Å². The third kappa shape index (κ3) is 6.28. The Labute approximate surface area is 117 Å². The van der Waals surface area contributed by atoms with E-state index in [9.17, 15) is 0 Å². The summed E-state index contributed by atoms with van der Waals surface area (Å²) >= 11 is 11.9. The summed E-state index contributed by atoms with van der Waals surface area (Å²) in [4.78, 5) is 0. The van der Waals surface area contributed by atoms with Gasteiger partial charge in [-0.15, -0.1) is 23.2 Å². The molecule has 0 aromatic heterocycles. The first kappa shape index (κ1) is 17.5. The molecule has 0 aliphatic rings. The minimum atomic E-state index is -0.0590. The fourth-order valence-corrected chi connectivity index (χ4v) is 2.49. The Hall–Kier alpha value is 0.500. The molecule has 4 heteroatoms. The van der Waals surface area contributed by atoms with Gasteiger partial charge in [-0.05, 0) is 45.1 Å². The van der Waals surface area contributed by atoms with E-state index in [2.05, 4.69) is 33.0 Å². The molecule has 0 amide bonds. The molecule has 1 unspecified atom stereocenters. The summed E-state index contributed by atoms with van der Waals surface area (Å²) < 4.78 is 0. The average molecular weight is 283 g/mol. The van der Waals surface area contributed by atoms with Crippen LogP contribution in [-0.4, -0.2) is 23.5 Å². The van der Waals surface area contributed by atoms with Gasteiger partial charge in [-0.25, -0.2) is 0 Å². The van der Waals surface area contributed by atoms with E-state index in [4.69, 9.17) is 28.9 Å². The molecule has 0 fully saturated rings. The number of unbranched alkanes of at least 4 members (excludes halogenated alkanes) is 1. The summed E-state index contributed by atoms with van der Waals surface area (Å²) in [7, 11) is 0. The van der Waals surface area contributed by atoms with E-state index < -0.39 is 0 Å². The third-order valence-electron chi connectivity index (χ3n) is 3.83. The van der Waals surface area contributed by atoms with Crippen LogP contribution >= 0.6 is 23.2 Å². The standard InChI is InChI=1S/C13H28Cl2N2/c1-12(2,8-5-6-10-16)13(3,4)17-11(15)7-9-14/h11,17H,5-10,16H2,1-4H3. The maximum Gasteiger partial charge on any atom is 0.0841 e. The van der Waals surface area contributed by atoms with Gasteiger partial charge in [0.05, 0.1) is 5.50 Å². The summed E-state index contributed by atoms with van der Waals surface area (Å²) in [6.45, 7) is 9.74. The van der Waals surface area contributed by atoms with E-state index >= 15 is 0 Å². The first-order valence-electron chi connectivity index (χ1n) is 6.44. The SMILES string of the molecule is CC(C)(CCCCN)C(C)(C)NC(Cl)CCCl. The van der Waals surface area contributed by atoms with E-state index in [0.717, 1.165) is 32.2 Å². The normalized spacial score (nSPS) is 15.0. The second-order valence-electron chi connectivity index (χ2n) is 5.84. The molecule has 0 heterocycles. The molecule has 0 bridgehead atoms. The van der Waals surface area contributed by atoms with Crippen molar-refractivity contribution in [3.63, 3.8) is 0 Å². The van der Waals surface area contributed by atoms with Gasteiger partial charge in [0.25, 0.3) is 0 Å². The number of hydrogen-bond donors (Lipinski definition) is 2. The predicted octanol–water partition coefficient (Wildman–Crippen LogP) is 3.70. The van der Waals surface area contributed by atoms with Gasteiger partial charge in [0.15, 0.2) is 0 Å². The van der Waals surface area contributed by atoms with Crippen LogP contribution in [0.4, 0.5) is 0 Å². The molecule has 0 aromatic rings. The molecule has 0 saturated heterocycles.